The van der Waals surface area contributed by atoms with Crippen LogP contribution in [-0.4, -0.2) is 56.1 Å². The van der Waals surface area contributed by atoms with Gasteiger partial charge in [0.2, 0.25) is 5.88 Å². The summed E-state index contributed by atoms with van der Waals surface area (Å²) in [5.41, 5.74) is 2.92. The number of hydrogen-bond donors (Lipinski definition) is 0. The van der Waals surface area contributed by atoms with E-state index in [2.05, 4.69) is 24.1 Å². The molecule has 0 atom stereocenters. The van der Waals surface area contributed by atoms with E-state index in [0.717, 1.165) is 41.3 Å². The SMILES string of the molecule is COc1ccc(-c2cn(-c3ccc(OC)cc3)nc2OCCCN(C)C)cc1.Cl. The average Bonchev–Trinajstić information content (AvgIpc) is 3.15. The Hall–Kier alpha value is -2.70. The number of methoxy groups -OCH3 is 2. The van der Waals surface area contributed by atoms with E-state index in [9.17, 15) is 0 Å². The van der Waals surface area contributed by atoms with E-state index in [4.69, 9.17) is 14.2 Å². The van der Waals surface area contributed by atoms with Gasteiger partial charge in [-0.1, -0.05) is 12.1 Å². The molecule has 0 amide bonds. The smallest absolute Gasteiger partial charge is 0.241 e. The first-order valence-corrected chi connectivity index (χ1v) is 9.27. The van der Waals surface area contributed by atoms with Crippen LogP contribution in [0.25, 0.3) is 16.8 Å². The number of ether oxygens (including phenoxy) is 3. The number of aromatic nitrogens is 2. The highest BCUT2D eigenvalue weighted by atomic mass is 35.5. The van der Waals surface area contributed by atoms with Gasteiger partial charge in [0.25, 0.3) is 0 Å². The predicted molar refractivity (Wildman–Crippen MR) is 118 cm³/mol. The number of nitrogens with zero attached hydrogens (tertiary/aromatic N) is 3. The van der Waals surface area contributed by atoms with E-state index in [0.29, 0.717) is 12.5 Å². The van der Waals surface area contributed by atoms with Crippen LogP contribution in [0.2, 0.25) is 0 Å². The zero-order valence-electron chi connectivity index (χ0n) is 17.3. The van der Waals surface area contributed by atoms with Crippen LogP contribution in [0.4, 0.5) is 0 Å². The van der Waals surface area contributed by atoms with Gasteiger partial charge in [0.05, 0.1) is 32.1 Å². The minimum Gasteiger partial charge on any atom is -0.497 e. The molecule has 0 aliphatic heterocycles. The van der Waals surface area contributed by atoms with E-state index < -0.39 is 0 Å². The molecule has 0 fully saturated rings. The Morgan fingerprint density at radius 1 is 0.897 bits per heavy atom. The van der Waals surface area contributed by atoms with E-state index in [1.165, 1.54) is 0 Å². The molecule has 0 unspecified atom stereocenters. The highest BCUT2D eigenvalue weighted by Crippen LogP contribution is 2.31. The van der Waals surface area contributed by atoms with E-state index in [1.807, 2.05) is 59.4 Å². The van der Waals surface area contributed by atoms with Crippen LogP contribution in [0.15, 0.2) is 54.7 Å². The van der Waals surface area contributed by atoms with Crippen molar-refractivity contribution in [2.24, 2.45) is 0 Å². The molecule has 0 aliphatic carbocycles. The van der Waals surface area contributed by atoms with Gasteiger partial charge < -0.3 is 19.1 Å². The Bertz CT molecular complexity index is 877. The van der Waals surface area contributed by atoms with Crippen LogP contribution in [0.3, 0.4) is 0 Å². The van der Waals surface area contributed by atoms with Crippen molar-refractivity contribution in [1.29, 1.82) is 0 Å². The summed E-state index contributed by atoms with van der Waals surface area (Å²) in [5, 5.41) is 4.68. The molecule has 7 heteroatoms. The predicted octanol–water partition coefficient (Wildman–Crippen LogP) is 4.31. The monoisotopic (exact) mass is 417 g/mol. The maximum Gasteiger partial charge on any atom is 0.241 e. The van der Waals surface area contributed by atoms with Gasteiger partial charge in [-0.2, -0.15) is 0 Å². The molecule has 0 aliphatic rings. The van der Waals surface area contributed by atoms with Crippen LogP contribution in [0.5, 0.6) is 17.4 Å². The van der Waals surface area contributed by atoms with Crippen molar-refractivity contribution >= 4 is 12.4 Å². The fourth-order valence-electron chi connectivity index (χ4n) is 2.85. The second kappa shape index (κ2) is 10.7. The number of hydrogen-bond acceptors (Lipinski definition) is 5. The summed E-state index contributed by atoms with van der Waals surface area (Å²) in [7, 11) is 7.43. The molecule has 3 aromatic rings. The van der Waals surface area contributed by atoms with Gasteiger partial charge in [0.15, 0.2) is 0 Å². The van der Waals surface area contributed by atoms with Gasteiger partial charge in [-0.3, -0.25) is 0 Å². The number of benzene rings is 2. The van der Waals surface area contributed by atoms with Crippen molar-refractivity contribution in [2.45, 2.75) is 6.42 Å². The highest BCUT2D eigenvalue weighted by molar-refractivity contribution is 5.85. The zero-order chi connectivity index (χ0) is 19.9. The molecule has 0 saturated carbocycles. The summed E-state index contributed by atoms with van der Waals surface area (Å²) in [6.45, 7) is 1.58. The molecular formula is C22H28ClN3O3. The fraction of sp³-hybridized carbons (Fsp3) is 0.318. The zero-order valence-corrected chi connectivity index (χ0v) is 18.1. The lowest BCUT2D eigenvalue weighted by Gasteiger charge is -2.10. The van der Waals surface area contributed by atoms with Gasteiger partial charge in [0.1, 0.15) is 11.5 Å². The third-order valence-corrected chi connectivity index (χ3v) is 4.41. The Morgan fingerprint density at radius 3 is 2.03 bits per heavy atom. The molecule has 1 aromatic heterocycles. The summed E-state index contributed by atoms with van der Waals surface area (Å²) in [6.07, 6.45) is 2.93. The molecule has 0 bridgehead atoms. The van der Waals surface area contributed by atoms with Crippen molar-refractivity contribution in [2.75, 3.05) is 41.5 Å². The second-order valence-corrected chi connectivity index (χ2v) is 6.72. The standard InChI is InChI=1S/C22H27N3O3.ClH/c1-24(2)14-5-15-28-22-21(17-6-10-19(26-3)11-7-17)16-25(23-22)18-8-12-20(27-4)13-9-18;/h6-13,16H,5,14-15H2,1-4H3;1H. The molecule has 29 heavy (non-hydrogen) atoms. The Kier molecular flexibility index (Phi) is 8.36. The van der Waals surface area contributed by atoms with Crippen molar-refractivity contribution in [1.82, 2.24) is 14.7 Å². The van der Waals surface area contributed by atoms with Crippen LogP contribution >= 0.6 is 12.4 Å². The van der Waals surface area contributed by atoms with Gasteiger partial charge >= 0.3 is 0 Å². The van der Waals surface area contributed by atoms with Gasteiger partial charge in [-0.15, -0.1) is 17.5 Å². The summed E-state index contributed by atoms with van der Waals surface area (Å²) >= 11 is 0. The molecule has 6 nitrogen and oxygen atoms in total. The lowest BCUT2D eigenvalue weighted by Crippen LogP contribution is -2.15. The summed E-state index contributed by atoms with van der Waals surface area (Å²) in [5.74, 6) is 2.26. The maximum atomic E-state index is 6.03. The quantitative estimate of drug-likeness (QED) is 0.485. The largest absolute Gasteiger partial charge is 0.497 e. The molecule has 2 aromatic carbocycles. The first kappa shape index (κ1) is 22.6. The first-order valence-electron chi connectivity index (χ1n) is 9.27. The van der Waals surface area contributed by atoms with E-state index >= 15 is 0 Å². The molecule has 0 saturated heterocycles. The third kappa shape index (κ3) is 5.89. The average molecular weight is 418 g/mol. The summed E-state index contributed by atoms with van der Waals surface area (Å²) in [6, 6.07) is 15.7. The lowest BCUT2D eigenvalue weighted by molar-refractivity contribution is 0.273. The highest BCUT2D eigenvalue weighted by Gasteiger charge is 2.14. The van der Waals surface area contributed by atoms with E-state index in [1.54, 1.807) is 14.2 Å². The van der Waals surface area contributed by atoms with E-state index in [-0.39, 0.29) is 12.4 Å². The van der Waals surface area contributed by atoms with Gasteiger partial charge in [-0.05, 0) is 62.5 Å². The summed E-state index contributed by atoms with van der Waals surface area (Å²) in [4.78, 5) is 2.14. The fourth-order valence-corrected chi connectivity index (χ4v) is 2.85. The van der Waals surface area contributed by atoms with Crippen molar-refractivity contribution in [3.8, 4) is 34.2 Å². The molecular weight excluding hydrogens is 390 g/mol. The molecule has 0 N–H and O–H groups in total. The number of halogens is 1. The van der Waals surface area contributed by atoms with Gasteiger partial charge in [-0.25, -0.2) is 4.68 Å². The van der Waals surface area contributed by atoms with Crippen LogP contribution in [-0.2, 0) is 0 Å². The molecule has 156 valence electrons. The maximum absolute atomic E-state index is 6.03. The van der Waals surface area contributed by atoms with Gasteiger partial charge in [0, 0.05) is 12.7 Å². The first-order chi connectivity index (χ1) is 13.6. The van der Waals surface area contributed by atoms with Crippen LogP contribution in [0, 0.1) is 0 Å². The topological polar surface area (TPSA) is 48.8 Å². The number of rotatable bonds is 9. The Morgan fingerprint density at radius 2 is 1.48 bits per heavy atom. The lowest BCUT2D eigenvalue weighted by atomic mass is 10.1. The normalized spacial score (nSPS) is 10.5. The Labute approximate surface area is 178 Å². The Balaban J connectivity index is 0.00000300. The molecule has 0 spiro atoms. The van der Waals surface area contributed by atoms with Crippen molar-refractivity contribution in [3.05, 3.63) is 54.7 Å². The molecule has 3 rings (SSSR count). The molecule has 0 radical (unpaired) electrons. The minimum absolute atomic E-state index is 0. The van der Waals surface area contributed by atoms with Crippen LogP contribution < -0.4 is 14.2 Å². The van der Waals surface area contributed by atoms with Crippen LogP contribution in [0.1, 0.15) is 6.42 Å². The van der Waals surface area contributed by atoms with Crippen molar-refractivity contribution in [3.63, 3.8) is 0 Å². The summed E-state index contributed by atoms with van der Waals surface area (Å²) < 4.78 is 18.4. The molecule has 1 heterocycles. The third-order valence-electron chi connectivity index (χ3n) is 4.41. The van der Waals surface area contributed by atoms with Crippen molar-refractivity contribution < 1.29 is 14.2 Å². The minimum atomic E-state index is 0. The second-order valence-electron chi connectivity index (χ2n) is 6.72.